The van der Waals surface area contributed by atoms with Crippen molar-refractivity contribution in [2.45, 2.75) is 31.6 Å². The second-order valence-corrected chi connectivity index (χ2v) is 3.13. The summed E-state index contributed by atoms with van der Waals surface area (Å²) < 4.78 is 50.5. The van der Waals surface area contributed by atoms with Crippen LogP contribution in [0.4, 0.5) is 17.6 Å². The molecule has 0 saturated heterocycles. The molecule has 6 heteroatoms. The summed E-state index contributed by atoms with van der Waals surface area (Å²) in [5, 5.41) is 0. The molecule has 15 heavy (non-hydrogen) atoms. The lowest BCUT2D eigenvalue weighted by molar-refractivity contribution is -0.185. The van der Waals surface area contributed by atoms with E-state index < -0.39 is 36.3 Å². The van der Waals surface area contributed by atoms with Gasteiger partial charge in [-0.15, -0.1) is 0 Å². The predicted molar refractivity (Wildman–Crippen MR) is 45.0 cm³/mol. The van der Waals surface area contributed by atoms with Gasteiger partial charge in [0, 0.05) is 0 Å². The molecule has 0 N–H and O–H groups in total. The van der Waals surface area contributed by atoms with E-state index in [1.807, 2.05) is 0 Å². The summed E-state index contributed by atoms with van der Waals surface area (Å²) in [6.07, 6.45) is -2.64. The Morgan fingerprint density at radius 3 is 2.07 bits per heavy atom. The molecule has 0 bridgehead atoms. The van der Waals surface area contributed by atoms with Crippen LogP contribution in [0, 0.1) is 0 Å². The third-order valence-corrected chi connectivity index (χ3v) is 1.61. The number of hydrogen-bond acceptors (Lipinski definition) is 2. The Morgan fingerprint density at radius 2 is 1.73 bits per heavy atom. The van der Waals surface area contributed by atoms with Crippen molar-refractivity contribution in [3.63, 3.8) is 0 Å². The fourth-order valence-corrected chi connectivity index (χ4v) is 0.855. The second kappa shape index (κ2) is 4.55. The van der Waals surface area contributed by atoms with E-state index in [0.29, 0.717) is 0 Å². The van der Waals surface area contributed by atoms with Crippen LogP contribution in [-0.2, 0) is 9.59 Å². The molecule has 86 valence electrons. The summed E-state index contributed by atoms with van der Waals surface area (Å²) in [6, 6.07) is 0. The molecule has 0 radical (unpaired) electrons. The zero-order valence-corrected chi connectivity index (χ0v) is 8.03. The highest BCUT2D eigenvalue weighted by molar-refractivity contribution is 5.98. The van der Waals surface area contributed by atoms with E-state index in [2.05, 4.69) is 6.58 Å². The first-order chi connectivity index (χ1) is 6.62. The topological polar surface area (TPSA) is 34.1 Å². The maximum absolute atomic E-state index is 12.7. The van der Waals surface area contributed by atoms with Gasteiger partial charge in [0.1, 0.15) is 11.6 Å². The third-order valence-electron chi connectivity index (χ3n) is 1.61. The number of allylic oxidation sites excluding steroid dienone is 1. The van der Waals surface area contributed by atoms with Crippen LogP contribution in [0.15, 0.2) is 12.7 Å². The lowest BCUT2D eigenvalue weighted by Gasteiger charge is -2.22. The number of alkyl halides is 4. The Hall–Kier alpha value is -1.20. The quantitative estimate of drug-likeness (QED) is 0.396. The van der Waals surface area contributed by atoms with Gasteiger partial charge >= 0.3 is 11.8 Å². The maximum Gasteiger partial charge on any atom is 0.328 e. The second-order valence-electron chi connectivity index (χ2n) is 3.13. The van der Waals surface area contributed by atoms with Crippen molar-refractivity contribution in [1.29, 1.82) is 0 Å². The minimum atomic E-state index is -4.50. The molecular weight excluding hydrogens is 216 g/mol. The highest BCUT2D eigenvalue weighted by Crippen LogP contribution is 2.38. The van der Waals surface area contributed by atoms with E-state index in [0.717, 1.165) is 6.92 Å². The maximum atomic E-state index is 12.7. The fourth-order valence-electron chi connectivity index (χ4n) is 0.855. The zero-order chi connectivity index (χ0) is 12.3. The summed E-state index contributed by atoms with van der Waals surface area (Å²) in [6.45, 7) is 3.57. The number of carbonyl (C=O) groups excluding carboxylic acids is 2. The van der Waals surface area contributed by atoms with E-state index in [9.17, 15) is 27.2 Å². The van der Waals surface area contributed by atoms with E-state index >= 15 is 0 Å². The fraction of sp³-hybridized carbons (Fsp3) is 0.556. The molecule has 2 nitrogen and oxygen atoms in total. The molecule has 0 heterocycles. The molecule has 0 spiro atoms. The average molecular weight is 226 g/mol. The third kappa shape index (κ3) is 3.81. The normalized spacial score (nSPS) is 12.3. The van der Waals surface area contributed by atoms with Crippen LogP contribution >= 0.6 is 0 Å². The van der Waals surface area contributed by atoms with Gasteiger partial charge in [0.05, 0.1) is 12.8 Å². The molecule has 0 aromatic carbocycles. The van der Waals surface area contributed by atoms with Gasteiger partial charge in [-0.1, -0.05) is 6.58 Å². The van der Waals surface area contributed by atoms with E-state index in [4.69, 9.17) is 0 Å². The highest BCUT2D eigenvalue weighted by atomic mass is 19.3. The van der Waals surface area contributed by atoms with Crippen molar-refractivity contribution in [2.24, 2.45) is 0 Å². The van der Waals surface area contributed by atoms with Crippen molar-refractivity contribution >= 4 is 11.6 Å². The molecule has 0 atom stereocenters. The Balaban J connectivity index is 4.57. The number of rotatable bonds is 6. The Morgan fingerprint density at radius 1 is 1.27 bits per heavy atom. The first kappa shape index (κ1) is 13.8. The largest absolute Gasteiger partial charge is 0.328 e. The van der Waals surface area contributed by atoms with Crippen molar-refractivity contribution in [2.75, 3.05) is 0 Å². The summed E-state index contributed by atoms with van der Waals surface area (Å²) in [5.74, 6) is -10.8. The minimum Gasteiger partial charge on any atom is -0.300 e. The molecule has 0 aliphatic rings. The van der Waals surface area contributed by atoms with E-state index in [-0.39, 0.29) is 6.08 Å². The molecule has 0 amide bonds. The lowest BCUT2D eigenvalue weighted by Crippen LogP contribution is -2.40. The van der Waals surface area contributed by atoms with Crippen LogP contribution in [0.1, 0.15) is 19.8 Å². The molecule has 0 rings (SSSR count). The van der Waals surface area contributed by atoms with Gasteiger partial charge in [-0.05, 0) is 13.0 Å². The standard InChI is InChI=1S/C9H10F4O2/c1-3-8(10,11)9(12,13)5-7(15)4-6(2)14/h3H,1,4-5H2,2H3. The van der Waals surface area contributed by atoms with Crippen LogP contribution in [0.25, 0.3) is 0 Å². The van der Waals surface area contributed by atoms with Gasteiger partial charge < -0.3 is 0 Å². The van der Waals surface area contributed by atoms with Crippen LogP contribution in [-0.4, -0.2) is 23.4 Å². The Kier molecular flexibility index (Phi) is 4.18. The summed E-state index contributed by atoms with van der Waals surface area (Å²) in [5.41, 5.74) is 0. The SMILES string of the molecule is C=CC(F)(F)C(F)(F)CC(=O)CC(C)=O. The lowest BCUT2D eigenvalue weighted by atomic mass is 10.0. The molecule has 0 aliphatic heterocycles. The predicted octanol–water partition coefficient (Wildman–Crippen LogP) is 2.38. The van der Waals surface area contributed by atoms with Gasteiger partial charge in [-0.25, -0.2) is 0 Å². The van der Waals surface area contributed by atoms with Crippen molar-refractivity contribution in [1.82, 2.24) is 0 Å². The van der Waals surface area contributed by atoms with Crippen molar-refractivity contribution in [3.05, 3.63) is 12.7 Å². The molecule has 0 unspecified atom stereocenters. The number of carbonyl (C=O) groups is 2. The molecule has 0 aromatic rings. The minimum absolute atomic E-state index is 0.214. The summed E-state index contributed by atoms with van der Waals surface area (Å²) in [4.78, 5) is 21.1. The molecule has 0 saturated carbocycles. The van der Waals surface area contributed by atoms with Gasteiger partial charge in [-0.2, -0.15) is 17.6 Å². The first-order valence-electron chi connectivity index (χ1n) is 4.03. The number of ketones is 2. The Bertz CT molecular complexity index is 284. The van der Waals surface area contributed by atoms with Gasteiger partial charge in [0.25, 0.3) is 0 Å². The zero-order valence-electron chi connectivity index (χ0n) is 8.03. The van der Waals surface area contributed by atoms with E-state index in [1.165, 1.54) is 0 Å². The van der Waals surface area contributed by atoms with Gasteiger partial charge in [-0.3, -0.25) is 9.59 Å². The van der Waals surface area contributed by atoms with Crippen molar-refractivity contribution in [3.8, 4) is 0 Å². The number of Topliss-reactive ketones (excluding diaryl/α,β-unsaturated/α-hetero) is 2. The first-order valence-corrected chi connectivity index (χ1v) is 4.03. The van der Waals surface area contributed by atoms with Crippen LogP contribution < -0.4 is 0 Å². The number of halogens is 4. The van der Waals surface area contributed by atoms with E-state index in [1.54, 1.807) is 0 Å². The summed E-state index contributed by atoms with van der Waals surface area (Å²) in [7, 11) is 0. The average Bonchev–Trinajstić information content (AvgIpc) is 2.00. The molecule has 0 aromatic heterocycles. The van der Waals surface area contributed by atoms with Gasteiger partial charge in [0.15, 0.2) is 0 Å². The smallest absolute Gasteiger partial charge is 0.300 e. The number of hydrogen-bond donors (Lipinski definition) is 0. The summed E-state index contributed by atoms with van der Waals surface area (Å²) >= 11 is 0. The van der Waals surface area contributed by atoms with Gasteiger partial charge in [0.2, 0.25) is 0 Å². The Labute approximate surface area is 84.0 Å². The van der Waals surface area contributed by atoms with Crippen LogP contribution in [0.5, 0.6) is 0 Å². The monoisotopic (exact) mass is 226 g/mol. The molecular formula is C9H10F4O2. The molecule has 0 aliphatic carbocycles. The van der Waals surface area contributed by atoms with Crippen LogP contribution in [0.2, 0.25) is 0 Å². The highest BCUT2D eigenvalue weighted by Gasteiger charge is 2.54. The van der Waals surface area contributed by atoms with Crippen LogP contribution in [0.3, 0.4) is 0 Å². The van der Waals surface area contributed by atoms with Crippen molar-refractivity contribution < 1.29 is 27.2 Å². The molecule has 0 fully saturated rings.